The van der Waals surface area contributed by atoms with Gasteiger partial charge in [-0.15, -0.1) is 0 Å². The van der Waals surface area contributed by atoms with Crippen LogP contribution in [0.2, 0.25) is 0 Å². The van der Waals surface area contributed by atoms with Crippen LogP contribution in [-0.4, -0.2) is 94.2 Å². The van der Waals surface area contributed by atoms with Crippen LogP contribution in [0.5, 0.6) is 0 Å². The normalized spacial score (nSPS) is 30.0. The fraction of sp³-hybridized carbons (Fsp3) is 0.821. The van der Waals surface area contributed by atoms with Crippen molar-refractivity contribution < 1.29 is 9.35 Å². The van der Waals surface area contributed by atoms with E-state index >= 15 is 0 Å². The molecule has 4 aliphatic rings. The molecule has 4 aliphatic heterocycles. The van der Waals surface area contributed by atoms with Gasteiger partial charge in [-0.1, -0.05) is 24.0 Å². The van der Waals surface area contributed by atoms with Crippen LogP contribution >= 0.6 is 0 Å². The lowest BCUT2D eigenvalue weighted by atomic mass is 9.90. The zero-order chi connectivity index (χ0) is 26.2. The number of nitrogens with one attached hydrogen (secondary N) is 3. The molecule has 1 aromatic rings. The average molecular weight is 546 g/mol. The molecular formula is C28H47N7O2S. The number of likely N-dealkylation sites (tertiary alicyclic amines) is 1. The molecule has 5 rings (SSSR count). The first-order chi connectivity index (χ1) is 18.7. The summed E-state index contributed by atoms with van der Waals surface area (Å²) >= 11 is -0.667. The molecule has 38 heavy (non-hydrogen) atoms. The fourth-order valence-corrected chi connectivity index (χ4v) is 8.09. The molecule has 4 saturated heterocycles. The van der Waals surface area contributed by atoms with Crippen LogP contribution < -0.4 is 20.9 Å². The highest BCUT2D eigenvalue weighted by Gasteiger charge is 2.38. The van der Waals surface area contributed by atoms with Gasteiger partial charge in [0.05, 0.1) is 0 Å². The summed E-state index contributed by atoms with van der Waals surface area (Å²) in [6.45, 7) is 5.75. The van der Waals surface area contributed by atoms with Gasteiger partial charge in [0.1, 0.15) is 17.3 Å². The fourth-order valence-electron chi connectivity index (χ4n) is 6.82. The summed E-state index contributed by atoms with van der Waals surface area (Å²) in [5.41, 5.74) is 0. The summed E-state index contributed by atoms with van der Waals surface area (Å²) in [7, 11) is 0. The van der Waals surface area contributed by atoms with E-state index in [1.165, 1.54) is 25.7 Å². The summed E-state index contributed by atoms with van der Waals surface area (Å²) in [5.74, 6) is 3.69. The highest BCUT2D eigenvalue weighted by Crippen LogP contribution is 2.30. The van der Waals surface area contributed by atoms with E-state index in [0.717, 1.165) is 95.0 Å². The molecule has 0 spiro atoms. The number of rotatable bonds is 8. The molecule has 10 heteroatoms. The van der Waals surface area contributed by atoms with Gasteiger partial charge in [-0.3, -0.25) is 9.69 Å². The lowest BCUT2D eigenvalue weighted by Crippen LogP contribution is -2.57. The summed E-state index contributed by atoms with van der Waals surface area (Å²) in [6.07, 6.45) is 13.9. The van der Waals surface area contributed by atoms with Gasteiger partial charge in [-0.2, -0.15) is 4.98 Å². The molecule has 0 aliphatic carbocycles. The molecule has 0 radical (unpaired) electrons. The van der Waals surface area contributed by atoms with Gasteiger partial charge < -0.3 is 25.4 Å². The second kappa shape index (κ2) is 14.1. The van der Waals surface area contributed by atoms with Crippen molar-refractivity contribution in [2.45, 2.75) is 88.8 Å². The minimum Gasteiger partial charge on any atom is -0.616 e. The Kier molecular flexibility index (Phi) is 10.4. The quantitative estimate of drug-likeness (QED) is 0.428. The first kappa shape index (κ1) is 27.9. The monoisotopic (exact) mass is 545 g/mol. The summed E-state index contributed by atoms with van der Waals surface area (Å²) in [6, 6.07) is 3.02. The molecule has 0 aromatic carbocycles. The molecular weight excluding hydrogens is 498 g/mol. The Labute approximate surface area is 231 Å². The molecule has 1 amide bonds. The third kappa shape index (κ3) is 7.52. The van der Waals surface area contributed by atoms with Crippen LogP contribution in [0, 0.1) is 5.92 Å². The number of hydrogen-bond acceptors (Lipinski definition) is 8. The minimum absolute atomic E-state index is 0.135. The largest absolute Gasteiger partial charge is 0.616 e. The van der Waals surface area contributed by atoms with Crippen LogP contribution in [0.3, 0.4) is 0 Å². The minimum atomic E-state index is -0.667. The van der Waals surface area contributed by atoms with Crippen LogP contribution in [0.25, 0.3) is 0 Å². The smallest absolute Gasteiger partial charge is 0.224 e. The van der Waals surface area contributed by atoms with Crippen LogP contribution in [0.15, 0.2) is 12.3 Å². The highest BCUT2D eigenvalue weighted by atomic mass is 32.2. The molecule has 0 saturated carbocycles. The van der Waals surface area contributed by atoms with E-state index < -0.39 is 11.2 Å². The molecule has 4 fully saturated rings. The van der Waals surface area contributed by atoms with E-state index in [4.69, 9.17) is 4.98 Å². The second-order valence-electron chi connectivity index (χ2n) is 11.5. The number of piperidine rings is 2. The summed E-state index contributed by atoms with van der Waals surface area (Å²) in [4.78, 5) is 27.5. The van der Waals surface area contributed by atoms with Crippen molar-refractivity contribution in [1.29, 1.82) is 0 Å². The van der Waals surface area contributed by atoms with Crippen molar-refractivity contribution in [2.75, 3.05) is 61.0 Å². The van der Waals surface area contributed by atoms with Gasteiger partial charge in [0, 0.05) is 62.7 Å². The number of aromatic nitrogens is 2. The van der Waals surface area contributed by atoms with Crippen molar-refractivity contribution in [3.05, 3.63) is 12.3 Å². The predicted molar refractivity (Wildman–Crippen MR) is 154 cm³/mol. The molecule has 0 bridgehead atoms. The second-order valence-corrected chi connectivity index (χ2v) is 13.2. The van der Waals surface area contributed by atoms with Crippen LogP contribution in [0.4, 0.5) is 11.8 Å². The summed E-state index contributed by atoms with van der Waals surface area (Å²) in [5, 5.41) is 10.3. The molecule has 5 heterocycles. The van der Waals surface area contributed by atoms with Crippen molar-refractivity contribution >= 4 is 28.8 Å². The molecule has 212 valence electrons. The molecule has 9 nitrogen and oxygen atoms in total. The molecule has 1 aromatic heterocycles. The van der Waals surface area contributed by atoms with Crippen molar-refractivity contribution in [1.82, 2.24) is 25.5 Å². The number of hydrogen-bond donors (Lipinski definition) is 3. The zero-order valence-electron chi connectivity index (χ0n) is 22.9. The Morgan fingerprint density at radius 3 is 2.55 bits per heavy atom. The Balaban J connectivity index is 1.26. The molecule has 2 atom stereocenters. The molecule has 3 N–H and O–H groups in total. The van der Waals surface area contributed by atoms with Gasteiger partial charge in [-0.05, 0) is 70.6 Å². The number of carbonyl (C=O) groups is 1. The number of carbonyl (C=O) groups excluding carboxylic acids is 1. The number of nitrogens with zero attached hydrogens (tertiary/aromatic N) is 4. The van der Waals surface area contributed by atoms with Crippen LogP contribution in [0.1, 0.15) is 70.6 Å². The number of anilines is 2. The van der Waals surface area contributed by atoms with E-state index in [9.17, 15) is 9.35 Å². The van der Waals surface area contributed by atoms with Crippen molar-refractivity contribution in [3.63, 3.8) is 0 Å². The highest BCUT2D eigenvalue weighted by molar-refractivity contribution is 7.91. The maximum Gasteiger partial charge on any atom is 0.224 e. The first-order valence-corrected chi connectivity index (χ1v) is 16.6. The maximum atomic E-state index is 12.8. The van der Waals surface area contributed by atoms with Crippen LogP contribution in [-0.2, 0) is 16.0 Å². The molecule has 2 unspecified atom stereocenters. The number of amides is 1. The van der Waals surface area contributed by atoms with E-state index in [1.807, 2.05) is 12.3 Å². The lowest BCUT2D eigenvalue weighted by Gasteiger charge is -2.46. The van der Waals surface area contributed by atoms with Gasteiger partial charge in [0.25, 0.3) is 0 Å². The van der Waals surface area contributed by atoms with E-state index in [1.54, 1.807) is 0 Å². The van der Waals surface area contributed by atoms with Gasteiger partial charge in [-0.25, -0.2) is 4.98 Å². The lowest BCUT2D eigenvalue weighted by molar-refractivity contribution is -0.125. The van der Waals surface area contributed by atoms with Crippen molar-refractivity contribution in [2.24, 2.45) is 5.92 Å². The summed E-state index contributed by atoms with van der Waals surface area (Å²) < 4.78 is 12.1. The Morgan fingerprint density at radius 2 is 1.79 bits per heavy atom. The average Bonchev–Trinajstić information content (AvgIpc) is 3.25. The third-order valence-electron chi connectivity index (χ3n) is 8.98. The predicted octanol–water partition coefficient (Wildman–Crippen LogP) is 2.52. The Hall–Kier alpha value is -1.62. The van der Waals surface area contributed by atoms with Gasteiger partial charge in [0.2, 0.25) is 11.9 Å². The van der Waals surface area contributed by atoms with Gasteiger partial charge >= 0.3 is 0 Å². The Bertz CT molecular complexity index is 871. The Morgan fingerprint density at radius 1 is 1.03 bits per heavy atom. The van der Waals surface area contributed by atoms with E-state index in [-0.39, 0.29) is 17.9 Å². The third-order valence-corrected chi connectivity index (χ3v) is 10.4. The van der Waals surface area contributed by atoms with Crippen molar-refractivity contribution in [3.8, 4) is 0 Å². The van der Waals surface area contributed by atoms with E-state index in [2.05, 4.69) is 30.7 Å². The van der Waals surface area contributed by atoms with E-state index in [0.29, 0.717) is 24.6 Å². The SMILES string of the molecule is O=C(NCCC1C(Nc2nccc(N3CCCCCC3)n2)CCCN1C1CC[S+]([O-])CC1)C1CCNCC1. The zero-order valence-corrected chi connectivity index (χ0v) is 23.7. The first-order valence-electron chi connectivity index (χ1n) is 15.1. The maximum absolute atomic E-state index is 12.8. The standard InChI is InChI=1S/C28H47N7O2S/c36-27(22-7-13-29-14-8-22)30-15-9-25-24(6-5-19-35(25)23-11-20-38(37)21-12-23)32-28-31-16-10-26(33-28)34-17-3-1-2-4-18-34/h10,16,22-25,29H,1-9,11-15,17-21H2,(H,30,36)(H,31,32,33). The van der Waals surface area contributed by atoms with Gasteiger partial charge in [0.15, 0.2) is 0 Å². The topological polar surface area (TPSA) is 108 Å².